The molecular formula is C140H98N10. The zero-order valence-electron chi connectivity index (χ0n) is 83.7. The highest BCUT2D eigenvalue weighted by atomic mass is 15.0. The third-order valence-electron chi connectivity index (χ3n) is 31.6. The van der Waals surface area contributed by atoms with Crippen LogP contribution in [0.3, 0.4) is 0 Å². The molecule has 10 heteroatoms. The maximum Gasteiger partial charge on any atom is 0.164 e. The SMILES string of the molecule is CC1(C)c2ccccc2-c2c3c1cccc3cc1c2c2ccccc2n1-c1ccc(-c2cc(-c3ccccc3)nc(-c3ccccc3)n2)cc1.CC1(C)c2ccccc2-c2c3c1cccc3cc1c2c2ccccc2n1-c1cccc(-c2nc(-c3ccccc3)cc(-c3ccccc3)n2)c1.CC1(C)c2ccccc2-c2c3c1cccc3cc1c2c2ccccc2n1-c1cccc(-c2nc(-c3ccccc3)nc(-c3ccccc3)n2)c1. The highest BCUT2D eigenvalue weighted by Gasteiger charge is 2.40. The van der Waals surface area contributed by atoms with Gasteiger partial charge in [0.2, 0.25) is 0 Å². The minimum absolute atomic E-state index is 0.0905. The molecule has 0 unspecified atom stereocenters. The molecular weight excluding hydrogens is 1820 g/mol. The molecule has 3 aliphatic carbocycles. The maximum absolute atomic E-state index is 5.15. The first-order valence-corrected chi connectivity index (χ1v) is 51.7. The van der Waals surface area contributed by atoms with Crippen LogP contribution in [-0.2, 0) is 16.2 Å². The predicted molar refractivity (Wildman–Crippen MR) is 621 cm³/mol. The Morgan fingerprint density at radius 2 is 0.400 bits per heavy atom. The first-order chi connectivity index (χ1) is 73.7. The molecule has 0 saturated carbocycles. The zero-order valence-corrected chi connectivity index (χ0v) is 83.7. The van der Waals surface area contributed by atoms with E-state index in [0.29, 0.717) is 23.3 Å². The fourth-order valence-corrected chi connectivity index (χ4v) is 24.5. The summed E-state index contributed by atoms with van der Waals surface area (Å²) in [5.41, 5.74) is 39.0. The summed E-state index contributed by atoms with van der Waals surface area (Å²) in [4.78, 5) is 35.4. The summed E-state index contributed by atoms with van der Waals surface area (Å²) >= 11 is 0. The molecule has 27 aromatic rings. The number of fused-ring (bicyclic) bond motifs is 18. The lowest BCUT2D eigenvalue weighted by atomic mass is 9.68. The van der Waals surface area contributed by atoms with E-state index in [-0.39, 0.29) is 16.2 Å². The molecule has 0 aliphatic heterocycles. The van der Waals surface area contributed by atoms with E-state index in [2.05, 4.69) is 443 Å². The Morgan fingerprint density at radius 1 is 0.160 bits per heavy atom. The Kier molecular flexibility index (Phi) is 20.8. The average molecular weight is 1920 g/mol. The second-order valence-electron chi connectivity index (χ2n) is 41.3. The lowest BCUT2D eigenvalue weighted by Crippen LogP contribution is -2.23. The smallest absolute Gasteiger partial charge is 0.164 e. The van der Waals surface area contributed by atoms with Crippen molar-refractivity contribution in [1.82, 2.24) is 48.6 Å². The van der Waals surface area contributed by atoms with E-state index in [1.165, 1.54) is 164 Å². The summed E-state index contributed by atoms with van der Waals surface area (Å²) in [6, 6.07) is 173. The van der Waals surface area contributed by atoms with E-state index in [0.717, 1.165) is 95.7 Å². The molecule has 0 saturated heterocycles. The van der Waals surface area contributed by atoms with Gasteiger partial charge in [-0.3, -0.25) is 0 Å². The van der Waals surface area contributed by atoms with E-state index >= 15 is 0 Å². The van der Waals surface area contributed by atoms with Crippen LogP contribution in [-0.4, -0.2) is 48.6 Å². The number of benzene rings is 21. The normalized spacial score (nSPS) is 13.2. The molecule has 30 rings (SSSR count). The lowest BCUT2D eigenvalue weighted by molar-refractivity contribution is 0.645. The monoisotopic (exact) mass is 1920 g/mol. The molecule has 6 heterocycles. The summed E-state index contributed by atoms with van der Waals surface area (Å²) in [6.45, 7) is 14.2. The van der Waals surface area contributed by atoms with Gasteiger partial charge in [-0.05, 0) is 167 Å². The summed E-state index contributed by atoms with van der Waals surface area (Å²) in [5, 5.41) is 15.5. The highest BCUT2D eigenvalue weighted by Crippen LogP contribution is 2.58. The largest absolute Gasteiger partial charge is 0.309 e. The molecule has 3 aliphatic rings. The topological polar surface area (TPSA) is 105 Å². The quantitative estimate of drug-likeness (QED) is 0.120. The molecule has 0 bridgehead atoms. The fourth-order valence-electron chi connectivity index (χ4n) is 24.5. The Morgan fingerprint density at radius 3 is 0.727 bits per heavy atom. The van der Waals surface area contributed by atoms with Crippen molar-refractivity contribution in [2.24, 2.45) is 0 Å². The maximum atomic E-state index is 5.15. The Bertz CT molecular complexity index is 9590. The average Bonchev–Trinajstić information content (AvgIpc) is 1.42. The van der Waals surface area contributed by atoms with Gasteiger partial charge in [0.05, 0.1) is 55.9 Å². The molecule has 0 spiro atoms. The molecule has 708 valence electrons. The number of para-hydroxylation sites is 3. The van der Waals surface area contributed by atoms with Gasteiger partial charge in [0.25, 0.3) is 0 Å². The van der Waals surface area contributed by atoms with Gasteiger partial charge < -0.3 is 13.7 Å². The van der Waals surface area contributed by atoms with Crippen LogP contribution in [0.25, 0.3) is 250 Å². The summed E-state index contributed by atoms with van der Waals surface area (Å²) in [6.07, 6.45) is 0. The summed E-state index contributed by atoms with van der Waals surface area (Å²) in [5.74, 6) is 3.37. The van der Waals surface area contributed by atoms with Crippen molar-refractivity contribution in [1.29, 1.82) is 0 Å². The molecule has 21 aromatic carbocycles. The Hall–Kier alpha value is -19.0. The number of nitrogens with zero attached hydrogens (tertiary/aromatic N) is 10. The van der Waals surface area contributed by atoms with E-state index in [1.54, 1.807) is 0 Å². The molecule has 10 nitrogen and oxygen atoms in total. The van der Waals surface area contributed by atoms with Gasteiger partial charge in [0.15, 0.2) is 29.1 Å². The zero-order chi connectivity index (χ0) is 100. The van der Waals surface area contributed by atoms with Gasteiger partial charge in [-0.15, -0.1) is 0 Å². The van der Waals surface area contributed by atoms with Crippen molar-refractivity contribution in [2.45, 2.75) is 57.8 Å². The van der Waals surface area contributed by atoms with E-state index in [9.17, 15) is 0 Å². The second kappa shape index (κ2) is 35.2. The fraction of sp³-hybridized carbons (Fsp3) is 0.0643. The molecule has 0 amide bonds. The van der Waals surface area contributed by atoms with Gasteiger partial charge in [-0.2, -0.15) is 0 Å². The lowest BCUT2D eigenvalue weighted by Gasteiger charge is -2.35. The number of hydrogen-bond donors (Lipinski definition) is 0. The van der Waals surface area contributed by atoms with E-state index < -0.39 is 0 Å². The number of hydrogen-bond acceptors (Lipinski definition) is 7. The third kappa shape index (κ3) is 14.4. The molecule has 0 radical (unpaired) electrons. The van der Waals surface area contributed by atoms with Crippen molar-refractivity contribution in [2.75, 3.05) is 0 Å². The molecule has 0 fully saturated rings. The van der Waals surface area contributed by atoms with Gasteiger partial charge in [-0.1, -0.05) is 442 Å². The van der Waals surface area contributed by atoms with E-state index in [1.807, 2.05) is 97.1 Å². The van der Waals surface area contributed by atoms with Gasteiger partial charge in [0.1, 0.15) is 0 Å². The van der Waals surface area contributed by atoms with Crippen LogP contribution in [0, 0.1) is 0 Å². The summed E-state index contributed by atoms with van der Waals surface area (Å²) < 4.78 is 7.28. The van der Waals surface area contributed by atoms with Crippen molar-refractivity contribution in [3.8, 4) is 152 Å². The van der Waals surface area contributed by atoms with E-state index in [4.69, 9.17) is 34.9 Å². The van der Waals surface area contributed by atoms with Crippen molar-refractivity contribution in [3.05, 3.63) is 519 Å². The third-order valence-corrected chi connectivity index (χ3v) is 31.6. The van der Waals surface area contributed by atoms with Crippen LogP contribution in [0.2, 0.25) is 0 Å². The van der Waals surface area contributed by atoms with Crippen LogP contribution >= 0.6 is 0 Å². The van der Waals surface area contributed by atoms with Crippen molar-refractivity contribution >= 4 is 97.7 Å². The van der Waals surface area contributed by atoms with Crippen molar-refractivity contribution in [3.63, 3.8) is 0 Å². The Balaban J connectivity index is 0.000000108. The van der Waals surface area contributed by atoms with Crippen LogP contribution in [0.5, 0.6) is 0 Å². The van der Waals surface area contributed by atoms with Gasteiger partial charge >= 0.3 is 0 Å². The minimum Gasteiger partial charge on any atom is -0.309 e. The van der Waals surface area contributed by atoms with Crippen LogP contribution in [0.15, 0.2) is 485 Å². The highest BCUT2D eigenvalue weighted by molar-refractivity contribution is 6.28. The van der Waals surface area contributed by atoms with Crippen LogP contribution in [0.1, 0.15) is 74.9 Å². The summed E-state index contributed by atoms with van der Waals surface area (Å²) in [7, 11) is 0. The number of rotatable bonds is 12. The number of aromatic nitrogens is 10. The van der Waals surface area contributed by atoms with Gasteiger partial charge in [-0.25, -0.2) is 34.9 Å². The second-order valence-corrected chi connectivity index (χ2v) is 41.3. The standard InChI is InChI=1S/2C47H33N3.C46H32N4/c1-47(2)37-24-11-9-22-35(37)45-43-32(19-14-25-38(43)47)28-42-44(45)36-23-10-12-26-41(36)50(42)34-21-13-20-33(27-34)46-48-39(30-15-5-3-6-16-30)29-40(49-46)31-17-7-4-8-18-31;1-47(2)37-21-11-9-19-35(37)45-43-33(18-13-22-38(43)47)28-42-44(45)36-20-10-12-23-41(36)50(42)34-26-24-31(25-27-34)40-29-39(30-14-5-3-6-15-30)48-46(49-40)32-16-7-4-8-17-32;1-46(2)36-24-11-9-22-34(36)42-40-31(19-14-25-37(40)46)28-39-41(42)35-23-10-12-26-38(35)50(39)33-21-13-20-32(27-33)45-48-43(29-15-5-3-6-16-29)47-44(49-45)30-17-7-4-8-18-30/h2*3-29H,1-2H3;3-28H,1-2H3. The molecule has 6 aromatic heterocycles. The van der Waals surface area contributed by atoms with Crippen molar-refractivity contribution < 1.29 is 0 Å². The molecule has 150 heavy (non-hydrogen) atoms. The molecule has 0 atom stereocenters. The first kappa shape index (κ1) is 88.7. The minimum atomic E-state index is -0.106. The Labute approximate surface area is 869 Å². The van der Waals surface area contributed by atoms with Crippen LogP contribution in [0.4, 0.5) is 0 Å². The predicted octanol–water partition coefficient (Wildman–Crippen LogP) is 35.5. The first-order valence-electron chi connectivity index (χ1n) is 51.7. The van der Waals surface area contributed by atoms with Crippen LogP contribution < -0.4 is 0 Å². The molecule has 0 N–H and O–H groups in total. The van der Waals surface area contributed by atoms with Gasteiger partial charge in [0, 0.05) is 132 Å².